The number of hydrogen-bond donors (Lipinski definition) is 0. The Labute approximate surface area is 130 Å². The minimum Gasteiger partial charge on any atom is -0.293 e. The summed E-state index contributed by atoms with van der Waals surface area (Å²) in [7, 11) is 0. The molecule has 0 atom stereocenters. The second-order valence-electron chi connectivity index (χ2n) is 3.79. The highest BCUT2D eigenvalue weighted by Gasteiger charge is 2.11. The first kappa shape index (κ1) is 14.7. The molecule has 0 aliphatic heterocycles. The van der Waals surface area contributed by atoms with E-state index in [0.717, 1.165) is 4.90 Å². The van der Waals surface area contributed by atoms with Crippen molar-refractivity contribution in [1.29, 1.82) is 0 Å². The maximum atomic E-state index is 12.1. The highest BCUT2D eigenvalue weighted by atomic mass is 35.5. The zero-order valence-corrected chi connectivity index (χ0v) is 12.8. The molecule has 0 aromatic heterocycles. The SMILES string of the molecule is O=C(CSc1ccc(Cl)cc1)c1cc(Cl)ccc1Cl. The second-order valence-corrected chi connectivity index (χ2v) is 6.12. The molecule has 1 nitrogen and oxygen atoms in total. The van der Waals surface area contributed by atoms with Crippen molar-refractivity contribution in [2.75, 3.05) is 5.75 Å². The molecule has 0 aliphatic carbocycles. The van der Waals surface area contributed by atoms with Gasteiger partial charge in [-0.15, -0.1) is 11.8 Å². The van der Waals surface area contributed by atoms with Crippen molar-refractivity contribution in [2.24, 2.45) is 0 Å². The summed E-state index contributed by atoms with van der Waals surface area (Å²) in [5, 5.41) is 1.60. The number of carbonyl (C=O) groups is 1. The molecule has 0 radical (unpaired) electrons. The molecule has 0 saturated carbocycles. The second kappa shape index (κ2) is 6.67. The first-order valence-corrected chi connectivity index (χ1v) is 7.55. The van der Waals surface area contributed by atoms with E-state index in [1.807, 2.05) is 12.1 Å². The third-order valence-corrected chi connectivity index (χ3v) is 4.24. The van der Waals surface area contributed by atoms with Gasteiger partial charge in [-0.2, -0.15) is 0 Å². The lowest BCUT2D eigenvalue weighted by Gasteiger charge is -2.04. The molecule has 0 spiro atoms. The first-order chi connectivity index (χ1) is 9.06. The molecule has 0 unspecified atom stereocenters. The Kier molecular flexibility index (Phi) is 5.17. The highest BCUT2D eigenvalue weighted by Crippen LogP contribution is 2.25. The molecule has 0 heterocycles. The van der Waals surface area contributed by atoms with Crippen LogP contribution in [-0.4, -0.2) is 11.5 Å². The van der Waals surface area contributed by atoms with E-state index in [1.165, 1.54) is 11.8 Å². The van der Waals surface area contributed by atoms with Crippen molar-refractivity contribution in [1.82, 2.24) is 0 Å². The summed E-state index contributed by atoms with van der Waals surface area (Å²) < 4.78 is 0. The van der Waals surface area contributed by atoms with E-state index in [2.05, 4.69) is 0 Å². The molecule has 98 valence electrons. The molecule has 5 heteroatoms. The number of rotatable bonds is 4. The minimum atomic E-state index is -0.0487. The van der Waals surface area contributed by atoms with Gasteiger partial charge in [-0.05, 0) is 42.5 Å². The number of carbonyl (C=O) groups excluding carboxylic acids is 1. The molecular formula is C14H9Cl3OS. The topological polar surface area (TPSA) is 17.1 Å². The van der Waals surface area contributed by atoms with Crippen LogP contribution >= 0.6 is 46.6 Å². The van der Waals surface area contributed by atoms with Crippen LogP contribution in [0, 0.1) is 0 Å². The van der Waals surface area contributed by atoms with Crippen LogP contribution in [-0.2, 0) is 0 Å². The van der Waals surface area contributed by atoms with E-state index in [4.69, 9.17) is 34.8 Å². The predicted octanol–water partition coefficient (Wildman–Crippen LogP) is 5.62. The lowest BCUT2D eigenvalue weighted by atomic mass is 10.1. The summed E-state index contributed by atoms with van der Waals surface area (Å²) in [6.07, 6.45) is 0. The van der Waals surface area contributed by atoms with E-state index < -0.39 is 0 Å². The average Bonchev–Trinajstić information content (AvgIpc) is 2.40. The molecule has 19 heavy (non-hydrogen) atoms. The van der Waals surface area contributed by atoms with Gasteiger partial charge in [0.2, 0.25) is 0 Å². The Bertz CT molecular complexity index is 596. The maximum Gasteiger partial charge on any atom is 0.174 e. The van der Waals surface area contributed by atoms with E-state index >= 15 is 0 Å². The molecular weight excluding hydrogens is 323 g/mol. The molecule has 0 bridgehead atoms. The van der Waals surface area contributed by atoms with Crippen molar-refractivity contribution in [3.05, 3.63) is 63.1 Å². The van der Waals surface area contributed by atoms with Crippen molar-refractivity contribution < 1.29 is 4.79 Å². The Morgan fingerprint density at radius 1 is 0.947 bits per heavy atom. The Morgan fingerprint density at radius 3 is 2.26 bits per heavy atom. The summed E-state index contributed by atoms with van der Waals surface area (Å²) >= 11 is 19.1. The van der Waals surface area contributed by atoms with Gasteiger partial charge in [0.1, 0.15) is 0 Å². The number of ketones is 1. The minimum absolute atomic E-state index is 0.0487. The van der Waals surface area contributed by atoms with Crippen molar-refractivity contribution in [2.45, 2.75) is 4.90 Å². The number of halogens is 3. The fourth-order valence-corrected chi connectivity index (χ4v) is 2.77. The third-order valence-electron chi connectivity index (χ3n) is 2.41. The van der Waals surface area contributed by atoms with Crippen LogP contribution in [0.1, 0.15) is 10.4 Å². The highest BCUT2D eigenvalue weighted by molar-refractivity contribution is 8.00. The Morgan fingerprint density at radius 2 is 1.58 bits per heavy atom. The van der Waals surface area contributed by atoms with Crippen LogP contribution in [0.2, 0.25) is 15.1 Å². The van der Waals surface area contributed by atoms with Gasteiger partial charge in [-0.1, -0.05) is 34.8 Å². The van der Waals surface area contributed by atoms with E-state index in [1.54, 1.807) is 30.3 Å². The van der Waals surface area contributed by atoms with Gasteiger partial charge in [-0.25, -0.2) is 0 Å². The van der Waals surface area contributed by atoms with Gasteiger partial charge in [0, 0.05) is 20.5 Å². The quantitative estimate of drug-likeness (QED) is 0.534. The largest absolute Gasteiger partial charge is 0.293 e. The standard InChI is InChI=1S/C14H9Cl3OS/c15-9-1-4-11(5-2-9)19-8-14(18)12-7-10(16)3-6-13(12)17/h1-7H,8H2. The van der Waals surface area contributed by atoms with Gasteiger partial charge in [0.15, 0.2) is 5.78 Å². The van der Waals surface area contributed by atoms with Crippen LogP contribution in [0.4, 0.5) is 0 Å². The number of hydrogen-bond acceptors (Lipinski definition) is 2. The third kappa shape index (κ3) is 4.15. The van der Waals surface area contributed by atoms with Crippen molar-refractivity contribution in [3.63, 3.8) is 0 Å². The van der Waals surface area contributed by atoms with Crippen LogP contribution in [0.25, 0.3) is 0 Å². The lowest BCUT2D eigenvalue weighted by Crippen LogP contribution is -2.03. The lowest BCUT2D eigenvalue weighted by molar-refractivity contribution is 0.102. The fourth-order valence-electron chi connectivity index (χ4n) is 1.47. The average molecular weight is 332 g/mol. The van der Waals surface area contributed by atoms with Crippen LogP contribution in [0.15, 0.2) is 47.4 Å². The van der Waals surface area contributed by atoms with Gasteiger partial charge in [0.25, 0.3) is 0 Å². The van der Waals surface area contributed by atoms with Gasteiger partial charge >= 0.3 is 0 Å². The number of benzene rings is 2. The van der Waals surface area contributed by atoms with Crippen LogP contribution < -0.4 is 0 Å². The van der Waals surface area contributed by atoms with E-state index in [0.29, 0.717) is 26.4 Å². The molecule has 2 aromatic carbocycles. The monoisotopic (exact) mass is 330 g/mol. The van der Waals surface area contributed by atoms with Crippen molar-refractivity contribution in [3.8, 4) is 0 Å². The van der Waals surface area contributed by atoms with E-state index in [-0.39, 0.29) is 5.78 Å². The Hall–Kier alpha value is -0.670. The van der Waals surface area contributed by atoms with Gasteiger partial charge < -0.3 is 0 Å². The molecule has 0 N–H and O–H groups in total. The zero-order chi connectivity index (χ0) is 13.8. The van der Waals surface area contributed by atoms with Crippen molar-refractivity contribution >= 4 is 52.3 Å². The summed E-state index contributed by atoms with van der Waals surface area (Å²) in [5.74, 6) is 0.259. The Balaban J connectivity index is 2.05. The van der Waals surface area contributed by atoms with Gasteiger partial charge in [-0.3, -0.25) is 4.79 Å². The molecule has 0 amide bonds. The summed E-state index contributed by atoms with van der Waals surface area (Å²) in [5.41, 5.74) is 0.454. The summed E-state index contributed by atoms with van der Waals surface area (Å²) in [6.45, 7) is 0. The number of thioether (sulfide) groups is 1. The fraction of sp³-hybridized carbons (Fsp3) is 0.0714. The van der Waals surface area contributed by atoms with E-state index in [9.17, 15) is 4.79 Å². The maximum absolute atomic E-state index is 12.1. The van der Waals surface area contributed by atoms with Gasteiger partial charge in [0.05, 0.1) is 10.8 Å². The summed E-state index contributed by atoms with van der Waals surface area (Å²) in [6, 6.07) is 12.2. The molecule has 2 aromatic rings. The summed E-state index contributed by atoms with van der Waals surface area (Å²) in [4.78, 5) is 13.1. The number of Topliss-reactive ketones (excluding diaryl/α,β-unsaturated/α-hetero) is 1. The normalized spacial score (nSPS) is 10.5. The smallest absolute Gasteiger partial charge is 0.174 e. The predicted molar refractivity (Wildman–Crippen MR) is 83.0 cm³/mol. The van der Waals surface area contributed by atoms with Crippen LogP contribution in [0.3, 0.4) is 0 Å². The molecule has 0 aliphatic rings. The molecule has 2 rings (SSSR count). The molecule has 0 saturated heterocycles. The molecule has 0 fully saturated rings. The zero-order valence-electron chi connectivity index (χ0n) is 9.70. The first-order valence-electron chi connectivity index (χ1n) is 5.43. The van der Waals surface area contributed by atoms with Crippen LogP contribution in [0.5, 0.6) is 0 Å².